The van der Waals surface area contributed by atoms with Crippen molar-refractivity contribution in [3.05, 3.63) is 0 Å². The largest absolute Gasteiger partial charge is 0.444 e. The van der Waals surface area contributed by atoms with Gasteiger partial charge in [0.15, 0.2) is 8.32 Å². The number of hydrogen-bond acceptors (Lipinski definition) is 4. The van der Waals surface area contributed by atoms with Crippen LogP contribution in [-0.2, 0) is 9.16 Å². The molecule has 0 saturated carbocycles. The first-order valence-corrected chi connectivity index (χ1v) is 12.4. The summed E-state index contributed by atoms with van der Waals surface area (Å²) in [4.78, 5) is 14.3. The monoisotopic (exact) mass is 372 g/mol. The minimum atomic E-state index is -1.89. The summed E-state index contributed by atoms with van der Waals surface area (Å²) >= 11 is 0. The van der Waals surface area contributed by atoms with Gasteiger partial charge in [0.05, 0.1) is 6.10 Å². The lowest BCUT2D eigenvalue weighted by Crippen LogP contribution is -2.47. The zero-order valence-corrected chi connectivity index (χ0v) is 19.0. The van der Waals surface area contributed by atoms with Crippen LogP contribution in [0.4, 0.5) is 4.79 Å². The van der Waals surface area contributed by atoms with Crippen LogP contribution in [0.25, 0.3) is 0 Å². The van der Waals surface area contributed by atoms with E-state index in [-0.39, 0.29) is 17.2 Å². The van der Waals surface area contributed by atoms with Crippen LogP contribution in [0.15, 0.2) is 0 Å². The SMILES string of the molecule is CC(C)NC[C@@H]1CN(C(=O)OC(C)(C)C)C[C@H]1O[Si](C)(C)C(C)(C)C. The van der Waals surface area contributed by atoms with Crippen molar-refractivity contribution in [1.82, 2.24) is 10.2 Å². The van der Waals surface area contributed by atoms with Crippen LogP contribution >= 0.6 is 0 Å². The van der Waals surface area contributed by atoms with Crippen LogP contribution in [-0.4, -0.2) is 56.7 Å². The van der Waals surface area contributed by atoms with Gasteiger partial charge in [-0.15, -0.1) is 0 Å². The predicted octanol–water partition coefficient (Wildman–Crippen LogP) is 4.24. The first kappa shape index (κ1) is 22.4. The number of nitrogens with zero attached hydrogens (tertiary/aromatic N) is 1. The molecule has 1 rings (SSSR count). The van der Waals surface area contributed by atoms with Crippen molar-refractivity contribution in [2.24, 2.45) is 5.92 Å². The number of hydrogen-bond donors (Lipinski definition) is 1. The molecular weight excluding hydrogens is 332 g/mol. The molecule has 1 saturated heterocycles. The summed E-state index contributed by atoms with van der Waals surface area (Å²) in [5.74, 6) is 0.295. The lowest BCUT2D eigenvalue weighted by molar-refractivity contribution is 0.0272. The summed E-state index contributed by atoms with van der Waals surface area (Å²) < 4.78 is 12.2. The fourth-order valence-electron chi connectivity index (χ4n) is 2.59. The third-order valence-corrected chi connectivity index (χ3v) is 9.58. The number of rotatable bonds is 5. The van der Waals surface area contributed by atoms with Crippen molar-refractivity contribution in [1.29, 1.82) is 0 Å². The Morgan fingerprint density at radius 3 is 2.16 bits per heavy atom. The molecular formula is C19H40N2O3Si. The van der Waals surface area contributed by atoms with Gasteiger partial charge in [-0.25, -0.2) is 4.79 Å². The van der Waals surface area contributed by atoms with Crippen molar-refractivity contribution in [3.8, 4) is 0 Å². The number of ether oxygens (including phenoxy) is 1. The van der Waals surface area contributed by atoms with E-state index in [2.05, 4.69) is 53.0 Å². The van der Waals surface area contributed by atoms with Crippen LogP contribution < -0.4 is 5.32 Å². The fourth-order valence-corrected chi connectivity index (χ4v) is 3.97. The summed E-state index contributed by atoms with van der Waals surface area (Å²) in [5.41, 5.74) is -0.471. The highest BCUT2D eigenvalue weighted by atomic mass is 28.4. The molecule has 1 N–H and O–H groups in total. The molecule has 2 atom stereocenters. The molecule has 5 nitrogen and oxygen atoms in total. The Kier molecular flexibility index (Phi) is 7.15. The second kappa shape index (κ2) is 7.97. The normalized spacial score (nSPS) is 22.6. The van der Waals surface area contributed by atoms with Gasteiger partial charge in [-0.2, -0.15) is 0 Å². The van der Waals surface area contributed by atoms with Crippen molar-refractivity contribution in [2.45, 2.75) is 91.3 Å². The van der Waals surface area contributed by atoms with Gasteiger partial charge < -0.3 is 19.4 Å². The average Bonchev–Trinajstić information content (AvgIpc) is 2.75. The van der Waals surface area contributed by atoms with E-state index in [9.17, 15) is 4.79 Å². The topological polar surface area (TPSA) is 50.8 Å². The third kappa shape index (κ3) is 6.91. The van der Waals surface area contributed by atoms with Crippen molar-refractivity contribution in [2.75, 3.05) is 19.6 Å². The van der Waals surface area contributed by atoms with E-state index in [0.29, 0.717) is 25.0 Å². The molecule has 1 heterocycles. The quantitative estimate of drug-likeness (QED) is 0.733. The minimum Gasteiger partial charge on any atom is -0.444 e. The second-order valence-corrected chi connectivity index (χ2v) is 14.9. The van der Waals surface area contributed by atoms with Gasteiger partial charge in [-0.1, -0.05) is 34.6 Å². The lowest BCUT2D eigenvalue weighted by atomic mass is 10.1. The highest BCUT2D eigenvalue weighted by molar-refractivity contribution is 6.74. The summed E-state index contributed by atoms with van der Waals surface area (Å²) in [6, 6.07) is 0.420. The molecule has 0 spiro atoms. The summed E-state index contributed by atoms with van der Waals surface area (Å²) in [7, 11) is -1.89. The summed E-state index contributed by atoms with van der Waals surface area (Å²) in [6.45, 7) is 23.5. The molecule has 0 aromatic rings. The third-order valence-electron chi connectivity index (χ3n) is 5.07. The Hall–Kier alpha value is -0.593. The summed E-state index contributed by atoms with van der Waals surface area (Å²) in [6.07, 6.45) is -0.164. The second-order valence-electron chi connectivity index (χ2n) is 10.1. The van der Waals surface area contributed by atoms with E-state index in [4.69, 9.17) is 9.16 Å². The van der Waals surface area contributed by atoms with Crippen LogP contribution in [0.3, 0.4) is 0 Å². The van der Waals surface area contributed by atoms with Gasteiger partial charge in [-0.05, 0) is 38.9 Å². The molecule has 6 heteroatoms. The minimum absolute atomic E-state index is 0.0691. The van der Waals surface area contributed by atoms with Crippen LogP contribution in [0.5, 0.6) is 0 Å². The van der Waals surface area contributed by atoms with Crippen molar-refractivity contribution < 1.29 is 14.0 Å². The van der Waals surface area contributed by atoms with Gasteiger partial charge in [0.1, 0.15) is 5.60 Å². The zero-order valence-electron chi connectivity index (χ0n) is 18.0. The first-order valence-electron chi connectivity index (χ1n) is 9.51. The molecule has 0 aliphatic carbocycles. The van der Waals surface area contributed by atoms with E-state index < -0.39 is 13.9 Å². The number of nitrogens with one attached hydrogen (secondary N) is 1. The maximum Gasteiger partial charge on any atom is 0.410 e. The molecule has 1 amide bonds. The average molecular weight is 373 g/mol. The molecule has 1 aliphatic heterocycles. The molecule has 148 valence electrons. The number of likely N-dealkylation sites (tertiary alicyclic amines) is 1. The van der Waals surface area contributed by atoms with E-state index in [1.807, 2.05) is 25.7 Å². The molecule has 1 fully saturated rings. The van der Waals surface area contributed by atoms with E-state index in [1.54, 1.807) is 0 Å². The number of amides is 1. The Morgan fingerprint density at radius 1 is 1.16 bits per heavy atom. The van der Waals surface area contributed by atoms with Gasteiger partial charge >= 0.3 is 6.09 Å². The molecule has 0 unspecified atom stereocenters. The molecule has 0 bridgehead atoms. The molecule has 0 aromatic carbocycles. The fraction of sp³-hybridized carbons (Fsp3) is 0.947. The van der Waals surface area contributed by atoms with Crippen LogP contribution in [0, 0.1) is 5.92 Å². The smallest absolute Gasteiger partial charge is 0.410 e. The number of carbonyl (C=O) groups excluding carboxylic acids is 1. The maximum absolute atomic E-state index is 12.5. The van der Waals surface area contributed by atoms with E-state index in [0.717, 1.165) is 6.54 Å². The maximum atomic E-state index is 12.5. The van der Waals surface area contributed by atoms with E-state index in [1.165, 1.54) is 0 Å². The molecule has 0 radical (unpaired) electrons. The Labute approximate surface area is 156 Å². The Bertz CT molecular complexity index is 453. The Balaban J connectivity index is 2.85. The van der Waals surface area contributed by atoms with Gasteiger partial charge in [-0.3, -0.25) is 0 Å². The number of carbonyl (C=O) groups is 1. The van der Waals surface area contributed by atoms with Gasteiger partial charge in [0, 0.05) is 31.6 Å². The zero-order chi connectivity index (χ0) is 19.6. The highest BCUT2D eigenvalue weighted by Crippen LogP contribution is 2.39. The van der Waals surface area contributed by atoms with Crippen molar-refractivity contribution >= 4 is 14.4 Å². The summed E-state index contributed by atoms with van der Waals surface area (Å²) in [5, 5.41) is 3.66. The first-order chi connectivity index (χ1) is 11.1. The van der Waals surface area contributed by atoms with Gasteiger partial charge in [0.2, 0.25) is 0 Å². The predicted molar refractivity (Wildman–Crippen MR) is 107 cm³/mol. The lowest BCUT2D eigenvalue weighted by Gasteiger charge is -2.39. The standard InChI is InChI=1S/C19H40N2O3Si/c1-14(2)20-11-15-12-21(17(22)23-18(3,4)5)13-16(15)24-25(9,10)19(6,7)8/h14-16,20H,11-13H2,1-10H3/t15-,16-/m1/s1. The van der Waals surface area contributed by atoms with Crippen LogP contribution in [0.1, 0.15) is 55.4 Å². The molecule has 0 aromatic heterocycles. The van der Waals surface area contributed by atoms with Gasteiger partial charge in [0.25, 0.3) is 0 Å². The van der Waals surface area contributed by atoms with Crippen molar-refractivity contribution in [3.63, 3.8) is 0 Å². The van der Waals surface area contributed by atoms with E-state index >= 15 is 0 Å². The molecule has 1 aliphatic rings. The Morgan fingerprint density at radius 2 is 1.72 bits per heavy atom. The highest BCUT2D eigenvalue weighted by Gasteiger charge is 2.44. The molecule has 25 heavy (non-hydrogen) atoms. The van der Waals surface area contributed by atoms with Crippen LogP contribution in [0.2, 0.25) is 18.1 Å².